The first kappa shape index (κ1) is 15.0. The first-order chi connectivity index (χ1) is 11.8. The van der Waals surface area contributed by atoms with E-state index in [4.69, 9.17) is 9.47 Å². The number of ether oxygens (including phenoxy) is 2. The number of carbonyl (C=O) groups is 1. The second-order valence-corrected chi connectivity index (χ2v) is 6.34. The molecule has 124 valence electrons. The van der Waals surface area contributed by atoms with E-state index in [2.05, 4.69) is 10.3 Å². The standard InChI is InChI=1S/C19H20N2O3/c22-18(21-15-4-3-9-20-13-15)19(7-1-2-8-19)14-5-6-16-17(12-14)24-11-10-23-16/h3-6,9,12-13H,1-2,7-8,10-11H2,(H,21,22). The van der Waals surface area contributed by atoms with Gasteiger partial charge in [0.1, 0.15) is 13.2 Å². The average Bonchev–Trinajstić information content (AvgIpc) is 3.13. The van der Waals surface area contributed by atoms with Gasteiger partial charge in [-0.25, -0.2) is 0 Å². The van der Waals surface area contributed by atoms with Gasteiger partial charge in [-0.15, -0.1) is 0 Å². The van der Waals surface area contributed by atoms with Gasteiger partial charge in [-0.05, 0) is 42.7 Å². The maximum absolute atomic E-state index is 13.1. The van der Waals surface area contributed by atoms with Crippen molar-refractivity contribution < 1.29 is 14.3 Å². The van der Waals surface area contributed by atoms with Gasteiger partial charge in [-0.2, -0.15) is 0 Å². The Morgan fingerprint density at radius 1 is 1.08 bits per heavy atom. The van der Waals surface area contributed by atoms with Gasteiger partial charge in [0, 0.05) is 6.20 Å². The SMILES string of the molecule is O=C(Nc1cccnc1)C1(c2ccc3c(c2)OCCO3)CCCC1. The van der Waals surface area contributed by atoms with E-state index in [1.165, 1.54) is 0 Å². The minimum atomic E-state index is -0.508. The molecular weight excluding hydrogens is 304 g/mol. The second-order valence-electron chi connectivity index (χ2n) is 6.34. The lowest BCUT2D eigenvalue weighted by molar-refractivity contribution is -0.121. The van der Waals surface area contributed by atoms with Crippen molar-refractivity contribution in [1.29, 1.82) is 0 Å². The minimum absolute atomic E-state index is 0.0321. The highest BCUT2D eigenvalue weighted by atomic mass is 16.6. The number of nitrogens with zero attached hydrogens (tertiary/aromatic N) is 1. The maximum Gasteiger partial charge on any atom is 0.235 e. The highest BCUT2D eigenvalue weighted by Gasteiger charge is 2.43. The van der Waals surface area contributed by atoms with E-state index >= 15 is 0 Å². The summed E-state index contributed by atoms with van der Waals surface area (Å²) in [5.41, 5.74) is 1.23. The van der Waals surface area contributed by atoms with Crippen LogP contribution in [0.15, 0.2) is 42.7 Å². The Morgan fingerprint density at radius 3 is 2.62 bits per heavy atom. The number of rotatable bonds is 3. The number of aromatic nitrogens is 1. The molecule has 0 spiro atoms. The molecule has 4 rings (SSSR count). The zero-order valence-electron chi connectivity index (χ0n) is 13.5. The summed E-state index contributed by atoms with van der Waals surface area (Å²) in [5.74, 6) is 1.52. The second kappa shape index (κ2) is 6.15. The average molecular weight is 324 g/mol. The minimum Gasteiger partial charge on any atom is -0.486 e. The molecule has 1 aliphatic heterocycles. The summed E-state index contributed by atoms with van der Waals surface area (Å²) in [4.78, 5) is 17.2. The van der Waals surface area contributed by atoms with Crippen LogP contribution in [0.4, 0.5) is 5.69 Å². The molecule has 0 bridgehead atoms. The van der Waals surface area contributed by atoms with E-state index in [1.54, 1.807) is 12.4 Å². The van der Waals surface area contributed by atoms with Crippen molar-refractivity contribution in [2.45, 2.75) is 31.1 Å². The van der Waals surface area contributed by atoms with Crippen LogP contribution in [0.3, 0.4) is 0 Å². The molecule has 1 N–H and O–H groups in total. The van der Waals surface area contributed by atoms with Crippen molar-refractivity contribution in [3.8, 4) is 11.5 Å². The van der Waals surface area contributed by atoms with Crippen molar-refractivity contribution in [2.75, 3.05) is 18.5 Å². The zero-order valence-corrected chi connectivity index (χ0v) is 13.5. The number of amides is 1. The lowest BCUT2D eigenvalue weighted by Gasteiger charge is -2.29. The molecule has 2 aromatic rings. The number of hydrogen-bond acceptors (Lipinski definition) is 4. The topological polar surface area (TPSA) is 60.5 Å². The molecule has 1 aromatic carbocycles. The monoisotopic (exact) mass is 324 g/mol. The number of carbonyl (C=O) groups excluding carboxylic acids is 1. The first-order valence-corrected chi connectivity index (χ1v) is 8.40. The summed E-state index contributed by atoms with van der Waals surface area (Å²) in [6, 6.07) is 9.57. The Kier molecular flexibility index (Phi) is 3.84. The van der Waals surface area contributed by atoms with Gasteiger partial charge in [0.05, 0.1) is 17.3 Å². The summed E-state index contributed by atoms with van der Waals surface area (Å²) in [5, 5.41) is 3.03. The van der Waals surface area contributed by atoms with E-state index in [0.29, 0.717) is 13.2 Å². The molecular formula is C19H20N2O3. The number of fused-ring (bicyclic) bond motifs is 1. The van der Waals surface area contributed by atoms with E-state index in [1.807, 2.05) is 30.3 Å². The van der Waals surface area contributed by atoms with Gasteiger partial charge in [-0.1, -0.05) is 18.9 Å². The molecule has 1 aromatic heterocycles. The molecule has 0 radical (unpaired) electrons. The molecule has 0 saturated heterocycles. The van der Waals surface area contributed by atoms with Crippen molar-refractivity contribution in [1.82, 2.24) is 4.98 Å². The van der Waals surface area contributed by atoms with Crippen LogP contribution in [-0.2, 0) is 10.2 Å². The Balaban J connectivity index is 1.67. The number of hydrogen-bond donors (Lipinski definition) is 1. The molecule has 1 saturated carbocycles. The Bertz CT molecular complexity index is 740. The zero-order chi connectivity index (χ0) is 16.4. The number of anilines is 1. The summed E-state index contributed by atoms with van der Waals surface area (Å²) >= 11 is 0. The fourth-order valence-corrected chi connectivity index (χ4v) is 3.65. The normalized spacial score (nSPS) is 18.2. The molecule has 5 nitrogen and oxygen atoms in total. The van der Waals surface area contributed by atoms with Crippen molar-refractivity contribution in [3.05, 3.63) is 48.3 Å². The van der Waals surface area contributed by atoms with Gasteiger partial charge in [0.2, 0.25) is 5.91 Å². The van der Waals surface area contributed by atoms with Crippen LogP contribution >= 0.6 is 0 Å². The molecule has 24 heavy (non-hydrogen) atoms. The maximum atomic E-state index is 13.1. The Hall–Kier alpha value is -2.56. The third kappa shape index (κ3) is 2.60. The Morgan fingerprint density at radius 2 is 1.88 bits per heavy atom. The summed E-state index contributed by atoms with van der Waals surface area (Å²) in [6.45, 7) is 1.12. The molecule has 0 unspecified atom stereocenters. The van der Waals surface area contributed by atoms with Crippen LogP contribution in [0.1, 0.15) is 31.2 Å². The van der Waals surface area contributed by atoms with Crippen LogP contribution in [-0.4, -0.2) is 24.1 Å². The van der Waals surface area contributed by atoms with Gasteiger partial charge in [0.25, 0.3) is 0 Å². The van der Waals surface area contributed by atoms with E-state index < -0.39 is 5.41 Å². The van der Waals surface area contributed by atoms with Gasteiger partial charge in [-0.3, -0.25) is 9.78 Å². The van der Waals surface area contributed by atoms with Crippen molar-refractivity contribution in [2.24, 2.45) is 0 Å². The lowest BCUT2D eigenvalue weighted by Crippen LogP contribution is -2.38. The lowest BCUT2D eigenvalue weighted by atomic mass is 9.77. The molecule has 1 amide bonds. The highest BCUT2D eigenvalue weighted by Crippen LogP contribution is 2.44. The third-order valence-electron chi connectivity index (χ3n) is 4.91. The molecule has 5 heteroatoms. The number of pyridine rings is 1. The van der Waals surface area contributed by atoms with Gasteiger partial charge >= 0.3 is 0 Å². The Labute approximate surface area is 141 Å². The quantitative estimate of drug-likeness (QED) is 0.941. The van der Waals surface area contributed by atoms with Crippen molar-refractivity contribution >= 4 is 11.6 Å². The molecule has 2 heterocycles. The van der Waals surface area contributed by atoms with Gasteiger partial charge < -0.3 is 14.8 Å². The summed E-state index contributed by atoms with van der Waals surface area (Å²) < 4.78 is 11.3. The largest absolute Gasteiger partial charge is 0.486 e. The van der Waals surface area contributed by atoms with E-state index in [9.17, 15) is 4.79 Å². The predicted octanol–water partition coefficient (Wildman–Crippen LogP) is 3.30. The highest BCUT2D eigenvalue weighted by molar-refractivity contribution is 5.99. The fourth-order valence-electron chi connectivity index (χ4n) is 3.65. The summed E-state index contributed by atoms with van der Waals surface area (Å²) in [6.07, 6.45) is 7.16. The number of nitrogens with one attached hydrogen (secondary N) is 1. The summed E-state index contributed by atoms with van der Waals surface area (Å²) in [7, 11) is 0. The predicted molar refractivity (Wildman–Crippen MR) is 90.4 cm³/mol. The molecule has 0 atom stereocenters. The third-order valence-corrected chi connectivity index (χ3v) is 4.91. The first-order valence-electron chi connectivity index (χ1n) is 8.40. The fraction of sp³-hybridized carbons (Fsp3) is 0.368. The van der Waals surface area contributed by atoms with Crippen LogP contribution in [0, 0.1) is 0 Å². The van der Waals surface area contributed by atoms with Crippen LogP contribution in [0.5, 0.6) is 11.5 Å². The molecule has 1 fully saturated rings. The van der Waals surface area contributed by atoms with E-state index in [0.717, 1.165) is 48.4 Å². The number of benzene rings is 1. The van der Waals surface area contributed by atoms with Crippen LogP contribution in [0.25, 0.3) is 0 Å². The molecule has 2 aliphatic rings. The van der Waals surface area contributed by atoms with E-state index in [-0.39, 0.29) is 5.91 Å². The van der Waals surface area contributed by atoms with Gasteiger partial charge in [0.15, 0.2) is 11.5 Å². The smallest absolute Gasteiger partial charge is 0.235 e. The van der Waals surface area contributed by atoms with Crippen LogP contribution in [0.2, 0.25) is 0 Å². The van der Waals surface area contributed by atoms with Crippen molar-refractivity contribution in [3.63, 3.8) is 0 Å². The van der Waals surface area contributed by atoms with Crippen LogP contribution < -0.4 is 14.8 Å². The molecule has 1 aliphatic carbocycles.